The first kappa shape index (κ1) is 21.2. The maximum absolute atomic E-state index is 5.51. The van der Waals surface area contributed by atoms with Crippen molar-refractivity contribution < 1.29 is 9.26 Å². The summed E-state index contributed by atoms with van der Waals surface area (Å²) in [4.78, 5) is 4.17. The molecule has 1 aromatic rings. The van der Waals surface area contributed by atoms with Crippen LogP contribution in [0.3, 0.4) is 0 Å². The Hall–Kier alpha value is -0.830. The number of aromatic nitrogens is 1. The summed E-state index contributed by atoms with van der Waals surface area (Å²) in [5.74, 6) is 1.58. The molecule has 0 aliphatic carbocycles. The molecule has 0 bridgehead atoms. The highest BCUT2D eigenvalue weighted by molar-refractivity contribution is 14.0. The SMILES string of the molecule is CCCCOCCCNC(=NC)NCc1cc(CC)no1.I. The molecule has 7 heteroatoms. The molecule has 6 nitrogen and oxygen atoms in total. The van der Waals surface area contributed by atoms with Gasteiger partial charge in [-0.05, 0) is 19.3 Å². The normalized spacial score (nSPS) is 11.1. The first-order valence-corrected chi connectivity index (χ1v) is 7.76. The molecule has 0 radical (unpaired) electrons. The number of ether oxygens (including phenoxy) is 1. The van der Waals surface area contributed by atoms with Crippen molar-refractivity contribution in [1.29, 1.82) is 0 Å². The predicted octanol–water partition coefficient (Wildman–Crippen LogP) is 2.73. The van der Waals surface area contributed by atoms with E-state index in [2.05, 4.69) is 34.6 Å². The Balaban J connectivity index is 0.00000441. The van der Waals surface area contributed by atoms with E-state index < -0.39 is 0 Å². The fraction of sp³-hybridized carbons (Fsp3) is 0.733. The molecule has 22 heavy (non-hydrogen) atoms. The average Bonchev–Trinajstić information content (AvgIpc) is 2.97. The largest absolute Gasteiger partial charge is 0.381 e. The third kappa shape index (κ3) is 9.24. The molecular formula is C15H29IN4O2. The van der Waals surface area contributed by atoms with Gasteiger partial charge in [-0.2, -0.15) is 0 Å². The number of nitrogens with one attached hydrogen (secondary N) is 2. The predicted molar refractivity (Wildman–Crippen MR) is 99.8 cm³/mol. The fourth-order valence-electron chi connectivity index (χ4n) is 1.73. The molecular weight excluding hydrogens is 395 g/mol. The topological polar surface area (TPSA) is 71.7 Å². The molecule has 0 atom stereocenters. The monoisotopic (exact) mass is 424 g/mol. The fourth-order valence-corrected chi connectivity index (χ4v) is 1.73. The summed E-state index contributed by atoms with van der Waals surface area (Å²) in [5.41, 5.74) is 0.971. The van der Waals surface area contributed by atoms with E-state index in [9.17, 15) is 0 Å². The molecule has 1 heterocycles. The molecule has 0 saturated carbocycles. The van der Waals surface area contributed by atoms with Crippen LogP contribution in [0.1, 0.15) is 44.6 Å². The molecule has 0 unspecified atom stereocenters. The Kier molecular flexibility index (Phi) is 13.3. The van der Waals surface area contributed by atoms with E-state index >= 15 is 0 Å². The quantitative estimate of drug-likeness (QED) is 0.262. The summed E-state index contributed by atoms with van der Waals surface area (Å²) in [6.45, 7) is 7.28. The highest BCUT2D eigenvalue weighted by Gasteiger charge is 2.03. The van der Waals surface area contributed by atoms with E-state index in [-0.39, 0.29) is 24.0 Å². The maximum Gasteiger partial charge on any atom is 0.191 e. The minimum absolute atomic E-state index is 0. The Morgan fingerprint density at radius 2 is 2.05 bits per heavy atom. The van der Waals surface area contributed by atoms with Crippen molar-refractivity contribution in [3.05, 3.63) is 17.5 Å². The Morgan fingerprint density at radius 3 is 2.68 bits per heavy atom. The van der Waals surface area contributed by atoms with Gasteiger partial charge in [-0.1, -0.05) is 25.4 Å². The lowest BCUT2D eigenvalue weighted by atomic mass is 10.3. The Morgan fingerprint density at radius 1 is 1.27 bits per heavy atom. The molecule has 128 valence electrons. The lowest BCUT2D eigenvalue weighted by Gasteiger charge is -2.10. The van der Waals surface area contributed by atoms with Crippen LogP contribution in [-0.4, -0.2) is 37.9 Å². The third-order valence-corrected chi connectivity index (χ3v) is 3.02. The maximum atomic E-state index is 5.51. The molecule has 0 fully saturated rings. The van der Waals surface area contributed by atoms with Crippen LogP contribution in [0.2, 0.25) is 0 Å². The number of hydrogen-bond donors (Lipinski definition) is 2. The summed E-state index contributed by atoms with van der Waals surface area (Å²) in [6, 6.07) is 1.96. The van der Waals surface area contributed by atoms with Gasteiger partial charge in [0.1, 0.15) is 0 Å². The average molecular weight is 424 g/mol. The van der Waals surface area contributed by atoms with E-state index in [0.29, 0.717) is 6.54 Å². The van der Waals surface area contributed by atoms with Gasteiger partial charge in [-0.25, -0.2) is 0 Å². The van der Waals surface area contributed by atoms with E-state index in [0.717, 1.165) is 56.4 Å². The second-order valence-corrected chi connectivity index (χ2v) is 4.81. The smallest absolute Gasteiger partial charge is 0.191 e. The van der Waals surface area contributed by atoms with Gasteiger partial charge in [0, 0.05) is 32.9 Å². The Bertz CT molecular complexity index is 410. The van der Waals surface area contributed by atoms with Gasteiger partial charge in [0.25, 0.3) is 0 Å². The van der Waals surface area contributed by atoms with Crippen molar-refractivity contribution >= 4 is 29.9 Å². The second kappa shape index (κ2) is 13.8. The lowest BCUT2D eigenvalue weighted by Crippen LogP contribution is -2.37. The number of halogens is 1. The zero-order chi connectivity index (χ0) is 15.3. The molecule has 0 aromatic carbocycles. The van der Waals surface area contributed by atoms with Crippen LogP contribution in [0, 0.1) is 0 Å². The number of aliphatic imine (C=N–C) groups is 1. The Labute approximate surface area is 150 Å². The van der Waals surface area contributed by atoms with Gasteiger partial charge in [-0.3, -0.25) is 4.99 Å². The van der Waals surface area contributed by atoms with Gasteiger partial charge < -0.3 is 19.9 Å². The highest BCUT2D eigenvalue weighted by Crippen LogP contribution is 2.03. The van der Waals surface area contributed by atoms with Crippen molar-refractivity contribution in [3.8, 4) is 0 Å². The number of nitrogens with zero attached hydrogens (tertiary/aromatic N) is 2. The molecule has 1 aromatic heterocycles. The lowest BCUT2D eigenvalue weighted by molar-refractivity contribution is 0.129. The molecule has 2 N–H and O–H groups in total. The van der Waals surface area contributed by atoms with Gasteiger partial charge in [0.2, 0.25) is 0 Å². The molecule has 1 rings (SSSR count). The van der Waals surface area contributed by atoms with Crippen LogP contribution in [0.5, 0.6) is 0 Å². The molecule has 0 amide bonds. The summed E-state index contributed by atoms with van der Waals surface area (Å²) >= 11 is 0. The number of rotatable bonds is 10. The third-order valence-electron chi connectivity index (χ3n) is 3.02. The van der Waals surface area contributed by atoms with Gasteiger partial charge >= 0.3 is 0 Å². The zero-order valence-corrected chi connectivity index (χ0v) is 16.2. The summed E-state index contributed by atoms with van der Waals surface area (Å²) in [6.07, 6.45) is 4.16. The first-order valence-electron chi connectivity index (χ1n) is 7.76. The van der Waals surface area contributed by atoms with Crippen molar-refractivity contribution in [2.75, 3.05) is 26.8 Å². The van der Waals surface area contributed by atoms with Crippen LogP contribution in [0.4, 0.5) is 0 Å². The van der Waals surface area contributed by atoms with Gasteiger partial charge in [0.15, 0.2) is 11.7 Å². The second-order valence-electron chi connectivity index (χ2n) is 4.81. The number of unbranched alkanes of at least 4 members (excludes halogenated alkanes) is 1. The number of guanidine groups is 1. The van der Waals surface area contributed by atoms with Crippen molar-refractivity contribution in [2.24, 2.45) is 4.99 Å². The van der Waals surface area contributed by atoms with E-state index in [1.165, 1.54) is 6.42 Å². The van der Waals surface area contributed by atoms with Gasteiger partial charge in [0.05, 0.1) is 12.2 Å². The van der Waals surface area contributed by atoms with E-state index in [1.807, 2.05) is 6.07 Å². The van der Waals surface area contributed by atoms with Crippen molar-refractivity contribution in [1.82, 2.24) is 15.8 Å². The summed E-state index contributed by atoms with van der Waals surface area (Å²) in [7, 11) is 1.75. The van der Waals surface area contributed by atoms with Crippen LogP contribution in [-0.2, 0) is 17.7 Å². The molecule has 0 saturated heterocycles. The number of hydrogen-bond acceptors (Lipinski definition) is 4. The van der Waals surface area contributed by atoms with E-state index in [4.69, 9.17) is 9.26 Å². The zero-order valence-electron chi connectivity index (χ0n) is 13.9. The standard InChI is InChI=1S/C15H28N4O2.HI/c1-4-6-9-20-10-7-8-17-15(16-3)18-12-14-11-13(5-2)19-21-14;/h11H,4-10,12H2,1-3H3,(H2,16,17,18);1H. The summed E-state index contributed by atoms with van der Waals surface area (Å²) in [5, 5.41) is 10.4. The summed E-state index contributed by atoms with van der Waals surface area (Å²) < 4.78 is 10.7. The van der Waals surface area contributed by atoms with Crippen LogP contribution < -0.4 is 10.6 Å². The van der Waals surface area contributed by atoms with Crippen molar-refractivity contribution in [2.45, 2.75) is 46.1 Å². The van der Waals surface area contributed by atoms with Gasteiger partial charge in [-0.15, -0.1) is 24.0 Å². The van der Waals surface area contributed by atoms with Crippen LogP contribution in [0.15, 0.2) is 15.6 Å². The minimum Gasteiger partial charge on any atom is -0.381 e. The van der Waals surface area contributed by atoms with Crippen molar-refractivity contribution in [3.63, 3.8) is 0 Å². The molecule has 0 aliphatic rings. The highest BCUT2D eigenvalue weighted by atomic mass is 127. The van der Waals surface area contributed by atoms with E-state index in [1.54, 1.807) is 7.05 Å². The molecule has 0 spiro atoms. The molecule has 0 aliphatic heterocycles. The number of aryl methyl sites for hydroxylation is 1. The van der Waals surface area contributed by atoms with Crippen LogP contribution in [0.25, 0.3) is 0 Å². The first-order chi connectivity index (χ1) is 10.3. The minimum atomic E-state index is 0. The van der Waals surface area contributed by atoms with Crippen LogP contribution >= 0.6 is 24.0 Å².